The lowest BCUT2D eigenvalue weighted by Gasteiger charge is -2.21. The maximum atomic E-state index is 12.0. The largest absolute Gasteiger partial charge is 0.368 e. The molecule has 2 heterocycles. The van der Waals surface area contributed by atoms with Crippen LogP contribution in [0.3, 0.4) is 0 Å². The number of carbonyl (C=O) groups is 1. The van der Waals surface area contributed by atoms with E-state index in [9.17, 15) is 4.79 Å². The van der Waals surface area contributed by atoms with Gasteiger partial charge in [0.1, 0.15) is 6.61 Å². The predicted molar refractivity (Wildman–Crippen MR) is 88.4 cm³/mol. The van der Waals surface area contributed by atoms with Crippen molar-refractivity contribution in [1.82, 2.24) is 10.3 Å². The van der Waals surface area contributed by atoms with Crippen molar-refractivity contribution in [2.75, 3.05) is 25.0 Å². The third-order valence-corrected chi connectivity index (χ3v) is 5.59. The van der Waals surface area contributed by atoms with Crippen LogP contribution in [0.25, 0.3) is 0 Å². The van der Waals surface area contributed by atoms with Crippen LogP contribution in [-0.4, -0.2) is 36.7 Å². The first-order valence-corrected chi connectivity index (χ1v) is 9.21. The van der Waals surface area contributed by atoms with Gasteiger partial charge in [-0.2, -0.15) is 0 Å². The Bertz CT molecular complexity index is 479. The smallest absolute Gasteiger partial charge is 0.252 e. The highest BCUT2D eigenvalue weighted by Crippen LogP contribution is 2.31. The Morgan fingerprint density at radius 1 is 1.27 bits per heavy atom. The summed E-state index contributed by atoms with van der Waals surface area (Å²) in [5.74, 6) is 0.500. The van der Waals surface area contributed by atoms with E-state index in [-0.39, 0.29) is 18.6 Å². The molecule has 0 aromatic carbocycles. The lowest BCUT2D eigenvalue weighted by atomic mass is 9.97. The Morgan fingerprint density at radius 3 is 2.82 bits per heavy atom. The first-order valence-electron chi connectivity index (χ1n) is 8.39. The number of anilines is 1. The molecule has 0 atom stereocenters. The minimum absolute atomic E-state index is 0.0863. The van der Waals surface area contributed by atoms with Crippen molar-refractivity contribution in [3.05, 3.63) is 11.1 Å². The number of rotatable bonds is 5. The van der Waals surface area contributed by atoms with Crippen LogP contribution in [0, 0.1) is 0 Å². The Labute approximate surface area is 135 Å². The molecule has 122 valence electrons. The average molecular weight is 323 g/mol. The molecule has 1 amide bonds. The van der Waals surface area contributed by atoms with Crippen molar-refractivity contribution in [3.8, 4) is 0 Å². The topological polar surface area (TPSA) is 63.2 Å². The van der Waals surface area contributed by atoms with E-state index in [1.54, 1.807) is 11.3 Å². The third kappa shape index (κ3) is 4.51. The molecular formula is C16H25N3O2S. The van der Waals surface area contributed by atoms with Crippen molar-refractivity contribution in [1.29, 1.82) is 0 Å². The number of nitrogens with zero attached hydrogens (tertiary/aromatic N) is 1. The van der Waals surface area contributed by atoms with Gasteiger partial charge in [-0.3, -0.25) is 10.1 Å². The normalized spacial score (nSPS) is 20.9. The number of amides is 1. The molecule has 0 spiro atoms. The molecule has 0 bridgehead atoms. The second kappa shape index (κ2) is 8.04. The zero-order valence-electron chi connectivity index (χ0n) is 13.0. The number of nitrogens with one attached hydrogen (secondary N) is 2. The number of hydrogen-bond acceptors (Lipinski definition) is 5. The third-order valence-electron chi connectivity index (χ3n) is 4.51. The molecule has 22 heavy (non-hydrogen) atoms. The fraction of sp³-hybridized carbons (Fsp3) is 0.750. The van der Waals surface area contributed by atoms with Crippen LogP contribution in [0.1, 0.15) is 55.7 Å². The van der Waals surface area contributed by atoms with Crippen molar-refractivity contribution in [2.24, 2.45) is 0 Å². The van der Waals surface area contributed by atoms with Gasteiger partial charge >= 0.3 is 0 Å². The van der Waals surface area contributed by atoms with Gasteiger partial charge in [-0.1, -0.05) is 19.3 Å². The number of hydrogen-bond donors (Lipinski definition) is 2. The van der Waals surface area contributed by atoms with Crippen molar-refractivity contribution in [3.63, 3.8) is 0 Å². The summed E-state index contributed by atoms with van der Waals surface area (Å²) >= 11 is 1.60. The van der Waals surface area contributed by atoms with E-state index in [2.05, 4.69) is 15.6 Å². The quantitative estimate of drug-likeness (QED) is 0.874. The van der Waals surface area contributed by atoms with Crippen LogP contribution in [0.2, 0.25) is 0 Å². The summed E-state index contributed by atoms with van der Waals surface area (Å²) < 4.78 is 5.70. The predicted octanol–water partition coefficient (Wildman–Crippen LogP) is 2.90. The molecule has 5 nitrogen and oxygen atoms in total. The van der Waals surface area contributed by atoms with Crippen molar-refractivity contribution >= 4 is 22.4 Å². The SMILES string of the molecule is O=C(COC1CCCCC1)Nc1ncc(C2CCNCC2)s1. The minimum atomic E-state index is -0.0863. The summed E-state index contributed by atoms with van der Waals surface area (Å²) in [6.45, 7) is 2.28. The van der Waals surface area contributed by atoms with Gasteiger partial charge in [0.2, 0.25) is 0 Å². The van der Waals surface area contributed by atoms with E-state index in [4.69, 9.17) is 4.74 Å². The van der Waals surface area contributed by atoms with Gasteiger partial charge in [-0.05, 0) is 44.7 Å². The van der Waals surface area contributed by atoms with E-state index < -0.39 is 0 Å². The zero-order valence-corrected chi connectivity index (χ0v) is 13.8. The number of carbonyl (C=O) groups excluding carboxylic acids is 1. The lowest BCUT2D eigenvalue weighted by molar-refractivity contribution is -0.123. The summed E-state index contributed by atoms with van der Waals surface area (Å²) in [5, 5.41) is 6.94. The molecule has 1 aromatic rings. The van der Waals surface area contributed by atoms with E-state index in [1.165, 1.54) is 24.1 Å². The van der Waals surface area contributed by atoms with E-state index in [0.717, 1.165) is 38.8 Å². The van der Waals surface area contributed by atoms with Gasteiger partial charge in [0.05, 0.1) is 6.10 Å². The number of ether oxygens (including phenoxy) is 1. The van der Waals surface area contributed by atoms with Gasteiger partial charge < -0.3 is 10.1 Å². The maximum Gasteiger partial charge on any atom is 0.252 e. The van der Waals surface area contributed by atoms with Gasteiger partial charge in [-0.25, -0.2) is 4.98 Å². The number of piperidine rings is 1. The molecule has 1 saturated carbocycles. The maximum absolute atomic E-state index is 12.0. The number of thiazole rings is 1. The molecule has 6 heteroatoms. The molecule has 1 saturated heterocycles. The average Bonchev–Trinajstić information content (AvgIpc) is 3.03. The second-order valence-corrected chi connectivity index (χ2v) is 7.27. The molecule has 0 radical (unpaired) electrons. The standard InChI is InChI=1S/C16H25N3O2S/c20-15(11-21-13-4-2-1-3-5-13)19-16-18-10-14(22-16)12-6-8-17-9-7-12/h10,12-13,17H,1-9,11H2,(H,18,19,20). The minimum Gasteiger partial charge on any atom is -0.368 e. The van der Waals surface area contributed by atoms with E-state index in [0.29, 0.717) is 11.0 Å². The zero-order chi connectivity index (χ0) is 15.2. The summed E-state index contributed by atoms with van der Waals surface area (Å²) in [7, 11) is 0. The van der Waals surface area contributed by atoms with Crippen LogP contribution >= 0.6 is 11.3 Å². The molecule has 1 aliphatic heterocycles. The van der Waals surface area contributed by atoms with Crippen LogP contribution < -0.4 is 10.6 Å². The van der Waals surface area contributed by atoms with Crippen LogP contribution in [0.15, 0.2) is 6.20 Å². The Balaban J connectivity index is 1.43. The summed E-state index contributed by atoms with van der Waals surface area (Å²) in [6.07, 6.45) is 10.4. The molecular weight excluding hydrogens is 298 g/mol. The van der Waals surface area contributed by atoms with E-state index >= 15 is 0 Å². The second-order valence-electron chi connectivity index (χ2n) is 6.21. The summed E-state index contributed by atoms with van der Waals surface area (Å²) in [6, 6.07) is 0. The summed E-state index contributed by atoms with van der Waals surface area (Å²) in [4.78, 5) is 17.6. The first-order chi connectivity index (χ1) is 10.8. The van der Waals surface area contributed by atoms with Gasteiger partial charge in [0.15, 0.2) is 5.13 Å². The summed E-state index contributed by atoms with van der Waals surface area (Å²) in [5.41, 5.74) is 0. The van der Waals surface area contributed by atoms with Crippen molar-refractivity contribution in [2.45, 2.75) is 57.0 Å². The molecule has 1 aromatic heterocycles. The molecule has 2 N–H and O–H groups in total. The molecule has 1 aliphatic carbocycles. The highest BCUT2D eigenvalue weighted by atomic mass is 32.1. The van der Waals surface area contributed by atoms with E-state index in [1.807, 2.05) is 6.20 Å². The van der Waals surface area contributed by atoms with Gasteiger partial charge in [-0.15, -0.1) is 11.3 Å². The Kier molecular flexibility index (Phi) is 5.81. The Hall–Kier alpha value is -0.980. The molecule has 0 unspecified atom stereocenters. The monoisotopic (exact) mass is 323 g/mol. The molecule has 2 aliphatic rings. The molecule has 3 rings (SSSR count). The molecule has 2 fully saturated rings. The van der Waals surface area contributed by atoms with Crippen LogP contribution in [0.5, 0.6) is 0 Å². The fourth-order valence-electron chi connectivity index (χ4n) is 3.22. The highest BCUT2D eigenvalue weighted by Gasteiger charge is 2.19. The van der Waals surface area contributed by atoms with Gasteiger partial charge in [0.25, 0.3) is 5.91 Å². The lowest BCUT2D eigenvalue weighted by Crippen LogP contribution is -2.26. The van der Waals surface area contributed by atoms with Gasteiger partial charge in [0, 0.05) is 11.1 Å². The van der Waals surface area contributed by atoms with Crippen molar-refractivity contribution < 1.29 is 9.53 Å². The highest BCUT2D eigenvalue weighted by molar-refractivity contribution is 7.15. The van der Waals surface area contributed by atoms with Crippen LogP contribution in [-0.2, 0) is 9.53 Å². The number of aromatic nitrogens is 1. The first kappa shape index (κ1) is 15.9. The Morgan fingerprint density at radius 2 is 2.05 bits per heavy atom. The fourth-order valence-corrected chi connectivity index (χ4v) is 4.22. The van der Waals surface area contributed by atoms with Crippen LogP contribution in [0.4, 0.5) is 5.13 Å².